The highest BCUT2D eigenvalue weighted by molar-refractivity contribution is 5.96. The molecule has 0 saturated carbocycles. The van der Waals surface area contributed by atoms with Crippen LogP contribution in [0.15, 0.2) is 18.3 Å². The summed E-state index contributed by atoms with van der Waals surface area (Å²) in [6.45, 7) is 0. The second-order valence-corrected chi connectivity index (χ2v) is 4.66. The summed E-state index contributed by atoms with van der Waals surface area (Å²) in [6.07, 6.45) is 1.45. The van der Waals surface area contributed by atoms with Gasteiger partial charge in [-0.25, -0.2) is 4.79 Å². The van der Waals surface area contributed by atoms with E-state index in [0.717, 1.165) is 0 Å². The molecule has 0 spiro atoms. The number of carbonyl (C=O) groups excluding carboxylic acids is 1. The first kappa shape index (κ1) is 17.0. The number of anilines is 1. The van der Waals surface area contributed by atoms with Crippen LogP contribution in [0.3, 0.4) is 0 Å². The number of hydrogen-bond acceptors (Lipinski definition) is 7. The molecule has 0 aliphatic heterocycles. The van der Waals surface area contributed by atoms with Crippen molar-refractivity contribution in [3.05, 3.63) is 29.6 Å². The van der Waals surface area contributed by atoms with Crippen molar-refractivity contribution in [3.8, 4) is 29.0 Å². The Kier molecular flexibility index (Phi) is 4.84. The number of benzene rings is 1. The number of nitrogens with zero attached hydrogens (tertiary/aromatic N) is 2. The fourth-order valence-corrected chi connectivity index (χ4v) is 2.32. The molecule has 1 aromatic carbocycles. The Morgan fingerprint density at radius 1 is 1.12 bits per heavy atom. The molecule has 1 aromatic heterocycles. The van der Waals surface area contributed by atoms with E-state index >= 15 is 0 Å². The van der Waals surface area contributed by atoms with Crippen molar-refractivity contribution in [2.45, 2.75) is 0 Å². The highest BCUT2D eigenvalue weighted by atomic mass is 16.5. The van der Waals surface area contributed by atoms with Crippen molar-refractivity contribution in [3.63, 3.8) is 0 Å². The van der Waals surface area contributed by atoms with Gasteiger partial charge in [0.05, 0.1) is 45.4 Å². The SMILES string of the molecule is COC(=O)c1c(N)c(C#N)cn1-c1cc(OC)c(OC)c(OC)c1. The molecule has 0 radical (unpaired) electrons. The third-order valence-electron chi connectivity index (χ3n) is 3.47. The minimum Gasteiger partial charge on any atom is -0.493 e. The van der Waals surface area contributed by atoms with Gasteiger partial charge in [-0.3, -0.25) is 0 Å². The molecule has 0 aliphatic rings. The fourth-order valence-electron chi connectivity index (χ4n) is 2.32. The molecule has 2 aromatic rings. The molecular weight excluding hydrogens is 314 g/mol. The fraction of sp³-hybridized carbons (Fsp3) is 0.250. The van der Waals surface area contributed by atoms with Gasteiger partial charge in [-0.15, -0.1) is 0 Å². The molecule has 8 heteroatoms. The van der Waals surface area contributed by atoms with E-state index in [0.29, 0.717) is 22.9 Å². The molecule has 0 bridgehead atoms. The van der Waals surface area contributed by atoms with E-state index in [-0.39, 0.29) is 16.9 Å². The van der Waals surface area contributed by atoms with E-state index in [1.165, 1.54) is 39.2 Å². The van der Waals surface area contributed by atoms with Crippen LogP contribution in [0.25, 0.3) is 5.69 Å². The maximum atomic E-state index is 12.1. The summed E-state index contributed by atoms with van der Waals surface area (Å²) in [5.41, 5.74) is 6.63. The van der Waals surface area contributed by atoms with Crippen molar-refractivity contribution in [2.75, 3.05) is 34.2 Å². The highest BCUT2D eigenvalue weighted by Crippen LogP contribution is 2.40. The summed E-state index contributed by atoms with van der Waals surface area (Å²) >= 11 is 0. The summed E-state index contributed by atoms with van der Waals surface area (Å²) in [6, 6.07) is 5.21. The number of nitriles is 1. The van der Waals surface area contributed by atoms with Crippen LogP contribution in [-0.4, -0.2) is 39.0 Å². The number of nitrogens with two attached hydrogens (primary N) is 1. The molecule has 126 valence electrons. The minimum absolute atomic E-state index is 0.0399. The van der Waals surface area contributed by atoms with Crippen LogP contribution in [0.2, 0.25) is 0 Å². The van der Waals surface area contributed by atoms with E-state index in [2.05, 4.69) is 0 Å². The number of nitrogen functional groups attached to an aromatic ring is 1. The number of methoxy groups -OCH3 is 4. The molecule has 0 amide bonds. The second kappa shape index (κ2) is 6.83. The van der Waals surface area contributed by atoms with Gasteiger partial charge in [0.15, 0.2) is 17.2 Å². The maximum Gasteiger partial charge on any atom is 0.357 e. The predicted octanol–water partition coefficient (Wildman–Crippen LogP) is 1.74. The first-order valence-electron chi connectivity index (χ1n) is 6.81. The normalized spacial score (nSPS) is 9.96. The molecule has 0 aliphatic carbocycles. The average molecular weight is 331 g/mol. The van der Waals surface area contributed by atoms with E-state index in [4.69, 9.17) is 24.7 Å². The zero-order valence-electron chi connectivity index (χ0n) is 13.7. The molecule has 8 nitrogen and oxygen atoms in total. The van der Waals surface area contributed by atoms with Gasteiger partial charge in [0.1, 0.15) is 6.07 Å². The number of rotatable bonds is 5. The molecule has 0 atom stereocenters. The Labute approximate surface area is 138 Å². The zero-order valence-corrected chi connectivity index (χ0v) is 13.7. The summed E-state index contributed by atoms with van der Waals surface area (Å²) in [5.74, 6) is 0.536. The van der Waals surface area contributed by atoms with Crippen molar-refractivity contribution < 1.29 is 23.7 Å². The van der Waals surface area contributed by atoms with E-state index in [9.17, 15) is 10.1 Å². The largest absolute Gasteiger partial charge is 0.493 e. The van der Waals surface area contributed by atoms with Crippen LogP contribution in [0.5, 0.6) is 17.2 Å². The molecule has 2 N–H and O–H groups in total. The van der Waals surface area contributed by atoms with Crippen LogP contribution in [0, 0.1) is 11.3 Å². The molecule has 0 saturated heterocycles. The predicted molar refractivity (Wildman–Crippen MR) is 85.9 cm³/mol. The monoisotopic (exact) mass is 331 g/mol. The quantitative estimate of drug-likeness (QED) is 0.831. The molecule has 0 fully saturated rings. The Balaban J connectivity index is 2.77. The summed E-state index contributed by atoms with van der Waals surface area (Å²) in [5, 5.41) is 9.18. The van der Waals surface area contributed by atoms with Gasteiger partial charge in [0.25, 0.3) is 0 Å². The second-order valence-electron chi connectivity index (χ2n) is 4.66. The average Bonchev–Trinajstić information content (AvgIpc) is 2.95. The third-order valence-corrected chi connectivity index (χ3v) is 3.47. The minimum atomic E-state index is -0.664. The summed E-state index contributed by atoms with van der Waals surface area (Å²) < 4.78 is 22.1. The van der Waals surface area contributed by atoms with Crippen LogP contribution in [0.4, 0.5) is 5.69 Å². The van der Waals surface area contributed by atoms with Crippen LogP contribution in [0.1, 0.15) is 16.1 Å². The van der Waals surface area contributed by atoms with Gasteiger partial charge in [-0.2, -0.15) is 5.26 Å². The van der Waals surface area contributed by atoms with Crippen LogP contribution < -0.4 is 19.9 Å². The maximum absolute atomic E-state index is 12.1. The van der Waals surface area contributed by atoms with Crippen molar-refractivity contribution in [1.29, 1.82) is 5.26 Å². The van der Waals surface area contributed by atoms with E-state index < -0.39 is 5.97 Å². The van der Waals surface area contributed by atoms with E-state index in [1.807, 2.05) is 6.07 Å². The lowest BCUT2D eigenvalue weighted by Crippen LogP contribution is -2.11. The lowest BCUT2D eigenvalue weighted by atomic mass is 10.2. The summed E-state index contributed by atoms with van der Waals surface area (Å²) in [4.78, 5) is 12.1. The standard InChI is InChI=1S/C16H17N3O5/c1-21-11-5-10(6-12(22-2)15(11)23-3)19-8-9(7-17)13(18)14(19)16(20)24-4/h5-6,8H,18H2,1-4H3. The number of aromatic nitrogens is 1. The van der Waals surface area contributed by atoms with Crippen LogP contribution in [-0.2, 0) is 4.74 Å². The van der Waals surface area contributed by atoms with Gasteiger partial charge < -0.3 is 29.2 Å². The Hall–Kier alpha value is -3.34. The number of esters is 1. The molecule has 1 heterocycles. The van der Waals surface area contributed by atoms with Gasteiger partial charge in [0.2, 0.25) is 5.75 Å². The van der Waals surface area contributed by atoms with Crippen molar-refractivity contribution >= 4 is 11.7 Å². The van der Waals surface area contributed by atoms with Crippen molar-refractivity contribution in [1.82, 2.24) is 4.57 Å². The lowest BCUT2D eigenvalue weighted by Gasteiger charge is -2.15. The third kappa shape index (κ3) is 2.67. The highest BCUT2D eigenvalue weighted by Gasteiger charge is 2.23. The van der Waals surface area contributed by atoms with Crippen molar-refractivity contribution in [2.24, 2.45) is 0 Å². The Morgan fingerprint density at radius 3 is 2.12 bits per heavy atom. The molecule has 2 rings (SSSR count). The zero-order chi connectivity index (χ0) is 17.9. The van der Waals surface area contributed by atoms with Gasteiger partial charge in [0, 0.05) is 18.3 Å². The van der Waals surface area contributed by atoms with Crippen LogP contribution >= 0.6 is 0 Å². The topological polar surface area (TPSA) is 109 Å². The molecule has 24 heavy (non-hydrogen) atoms. The lowest BCUT2D eigenvalue weighted by molar-refractivity contribution is 0.0593. The number of ether oxygens (including phenoxy) is 4. The van der Waals surface area contributed by atoms with Gasteiger partial charge in [-0.1, -0.05) is 0 Å². The van der Waals surface area contributed by atoms with E-state index in [1.54, 1.807) is 12.1 Å². The number of carbonyl (C=O) groups is 1. The Morgan fingerprint density at radius 2 is 1.71 bits per heavy atom. The smallest absolute Gasteiger partial charge is 0.357 e. The van der Waals surface area contributed by atoms with Gasteiger partial charge >= 0.3 is 5.97 Å². The summed E-state index contributed by atoms with van der Waals surface area (Å²) in [7, 11) is 5.68. The molecular formula is C16H17N3O5. The number of hydrogen-bond donors (Lipinski definition) is 1. The van der Waals surface area contributed by atoms with Gasteiger partial charge in [-0.05, 0) is 0 Å². The first-order valence-corrected chi connectivity index (χ1v) is 6.81. The first-order chi connectivity index (χ1) is 11.5. The Bertz CT molecular complexity index is 795. The molecule has 0 unspecified atom stereocenters.